The second kappa shape index (κ2) is 9.20. The van der Waals surface area contributed by atoms with Gasteiger partial charge in [0.05, 0.1) is 12.1 Å². The molecule has 0 saturated heterocycles. The Morgan fingerprint density at radius 2 is 1.77 bits per heavy atom. The van der Waals surface area contributed by atoms with Crippen molar-refractivity contribution in [3.63, 3.8) is 0 Å². The van der Waals surface area contributed by atoms with Gasteiger partial charge in [0.2, 0.25) is 5.88 Å². The molecule has 0 bridgehead atoms. The number of rotatable bonds is 6. The number of hydrogen-bond acceptors (Lipinski definition) is 4. The molecule has 0 aliphatic carbocycles. The number of fused-ring (bicyclic) bond motifs is 1. The van der Waals surface area contributed by atoms with E-state index in [4.69, 9.17) is 27.9 Å². The summed E-state index contributed by atoms with van der Waals surface area (Å²) in [6, 6.07) is 21.4. The number of benzene rings is 3. The zero-order valence-electron chi connectivity index (χ0n) is 16.2. The molecule has 0 spiro atoms. The van der Waals surface area contributed by atoms with Crippen LogP contribution in [0.5, 0.6) is 11.6 Å². The number of amides is 1. The number of halogens is 2. The molecular formula is C23H17Cl2N3O3. The van der Waals surface area contributed by atoms with E-state index in [0.29, 0.717) is 27.7 Å². The van der Waals surface area contributed by atoms with E-state index in [-0.39, 0.29) is 18.2 Å². The zero-order chi connectivity index (χ0) is 21.8. The number of ether oxygens (including phenoxy) is 1. The fourth-order valence-corrected chi connectivity index (χ4v) is 3.54. The van der Waals surface area contributed by atoms with Gasteiger partial charge in [-0.25, -0.2) is 0 Å². The Morgan fingerprint density at radius 1 is 1.00 bits per heavy atom. The minimum absolute atomic E-state index is 0.103. The number of aromatic nitrogens is 1. The highest BCUT2D eigenvalue weighted by Crippen LogP contribution is 2.39. The maximum atomic E-state index is 12.1. The van der Waals surface area contributed by atoms with Crippen molar-refractivity contribution >= 4 is 45.7 Å². The molecule has 3 aromatic carbocycles. The highest BCUT2D eigenvalue weighted by atomic mass is 35.5. The molecule has 0 fully saturated rings. The molecule has 8 heteroatoms. The van der Waals surface area contributed by atoms with Gasteiger partial charge in [-0.05, 0) is 35.9 Å². The van der Waals surface area contributed by atoms with Gasteiger partial charge in [-0.1, -0.05) is 65.7 Å². The summed E-state index contributed by atoms with van der Waals surface area (Å²) >= 11 is 12.2. The first-order valence-electron chi connectivity index (χ1n) is 9.39. The molecule has 0 unspecified atom stereocenters. The quantitative estimate of drug-likeness (QED) is 0.343. The molecule has 0 aliphatic rings. The summed E-state index contributed by atoms with van der Waals surface area (Å²) in [7, 11) is 0. The Labute approximate surface area is 188 Å². The molecule has 1 heterocycles. The van der Waals surface area contributed by atoms with Gasteiger partial charge in [-0.15, -0.1) is 10.2 Å². The van der Waals surface area contributed by atoms with Gasteiger partial charge in [-0.3, -0.25) is 4.79 Å². The summed E-state index contributed by atoms with van der Waals surface area (Å²) in [4.78, 5) is 12.1. The van der Waals surface area contributed by atoms with Crippen molar-refractivity contribution in [2.24, 2.45) is 10.2 Å². The largest absolute Gasteiger partial charge is 0.493 e. The fourth-order valence-electron chi connectivity index (χ4n) is 3.16. The lowest BCUT2D eigenvalue weighted by Crippen LogP contribution is -2.07. The third kappa shape index (κ3) is 4.71. The molecule has 1 N–H and O–H groups in total. The number of para-hydroxylation sites is 1. The van der Waals surface area contributed by atoms with E-state index in [9.17, 15) is 9.90 Å². The van der Waals surface area contributed by atoms with Crippen molar-refractivity contribution in [1.29, 1.82) is 0 Å². The van der Waals surface area contributed by atoms with E-state index in [0.717, 1.165) is 11.1 Å². The van der Waals surface area contributed by atoms with Crippen molar-refractivity contribution in [2.75, 3.05) is 6.61 Å². The van der Waals surface area contributed by atoms with Crippen molar-refractivity contribution < 1.29 is 14.6 Å². The molecule has 4 aromatic rings. The summed E-state index contributed by atoms with van der Waals surface area (Å²) in [5.41, 5.74) is 1.80. The Morgan fingerprint density at radius 3 is 2.58 bits per heavy atom. The van der Waals surface area contributed by atoms with Crippen LogP contribution in [0, 0.1) is 0 Å². The second-order valence-electron chi connectivity index (χ2n) is 6.71. The predicted molar refractivity (Wildman–Crippen MR) is 121 cm³/mol. The standard InChI is InChI=1S/C23H17Cl2N3O3/c24-16-7-5-8-17(12-16)31-14-21(29)26-27-22-18-9-2-4-11-20(18)28(23(22)30)13-15-6-1-3-10-19(15)25/h1-12,30H,13-14H2. The first-order chi connectivity index (χ1) is 15.0. The van der Waals surface area contributed by atoms with E-state index in [1.165, 1.54) is 0 Å². The molecule has 0 atom stereocenters. The lowest BCUT2D eigenvalue weighted by molar-refractivity contribution is -0.120. The van der Waals surface area contributed by atoms with Gasteiger partial charge in [0.15, 0.2) is 12.3 Å². The Kier molecular flexibility index (Phi) is 6.21. The number of carbonyl (C=O) groups excluding carboxylic acids is 1. The van der Waals surface area contributed by atoms with Crippen LogP contribution in [0.3, 0.4) is 0 Å². The average molecular weight is 454 g/mol. The normalized spacial score (nSPS) is 11.3. The fraction of sp³-hybridized carbons (Fsp3) is 0.0870. The average Bonchev–Trinajstić information content (AvgIpc) is 3.03. The first-order valence-corrected chi connectivity index (χ1v) is 10.1. The van der Waals surface area contributed by atoms with Crippen molar-refractivity contribution in [1.82, 2.24) is 4.57 Å². The van der Waals surface area contributed by atoms with Gasteiger partial charge in [0.25, 0.3) is 0 Å². The van der Waals surface area contributed by atoms with Crippen LogP contribution >= 0.6 is 23.2 Å². The van der Waals surface area contributed by atoms with Crippen LogP contribution in [-0.2, 0) is 11.3 Å². The summed E-state index contributed by atoms with van der Waals surface area (Å²) in [5.74, 6) is -0.244. The highest BCUT2D eigenvalue weighted by Gasteiger charge is 2.17. The van der Waals surface area contributed by atoms with E-state index in [1.54, 1.807) is 41.0 Å². The summed E-state index contributed by atoms with van der Waals surface area (Å²) in [5, 5.41) is 20.3. The summed E-state index contributed by atoms with van der Waals surface area (Å²) in [6.07, 6.45) is 0. The van der Waals surface area contributed by atoms with E-state index in [2.05, 4.69) is 10.2 Å². The Bertz CT molecular complexity index is 1280. The Balaban J connectivity index is 1.58. The molecule has 31 heavy (non-hydrogen) atoms. The number of hydrogen-bond donors (Lipinski definition) is 1. The van der Waals surface area contributed by atoms with Gasteiger partial charge >= 0.3 is 5.91 Å². The van der Waals surface area contributed by atoms with Crippen LogP contribution in [0.4, 0.5) is 5.69 Å². The molecular weight excluding hydrogens is 437 g/mol. The van der Waals surface area contributed by atoms with E-state index in [1.807, 2.05) is 36.4 Å². The van der Waals surface area contributed by atoms with Gasteiger partial charge in [0.1, 0.15) is 5.75 Å². The van der Waals surface area contributed by atoms with Crippen molar-refractivity contribution in [3.8, 4) is 11.6 Å². The lowest BCUT2D eigenvalue weighted by Gasteiger charge is -2.08. The molecule has 156 valence electrons. The molecule has 6 nitrogen and oxygen atoms in total. The number of azo groups is 1. The van der Waals surface area contributed by atoms with Crippen molar-refractivity contribution in [2.45, 2.75) is 6.54 Å². The first kappa shape index (κ1) is 20.9. The predicted octanol–water partition coefficient (Wildman–Crippen LogP) is 6.39. The zero-order valence-corrected chi connectivity index (χ0v) is 17.7. The van der Waals surface area contributed by atoms with Crippen LogP contribution in [0.15, 0.2) is 83.0 Å². The molecule has 1 aromatic heterocycles. The third-order valence-electron chi connectivity index (χ3n) is 4.62. The third-order valence-corrected chi connectivity index (χ3v) is 5.23. The molecule has 0 radical (unpaired) electrons. The number of nitrogens with zero attached hydrogens (tertiary/aromatic N) is 3. The van der Waals surface area contributed by atoms with Crippen LogP contribution in [0.1, 0.15) is 5.56 Å². The maximum absolute atomic E-state index is 12.1. The molecule has 1 amide bonds. The second-order valence-corrected chi connectivity index (χ2v) is 7.55. The van der Waals surface area contributed by atoms with Crippen LogP contribution in [0.25, 0.3) is 10.9 Å². The number of aromatic hydroxyl groups is 1. The minimum Gasteiger partial charge on any atom is -0.493 e. The van der Waals surface area contributed by atoms with Crippen LogP contribution < -0.4 is 4.74 Å². The summed E-state index contributed by atoms with van der Waals surface area (Å²) < 4.78 is 7.06. The monoisotopic (exact) mass is 453 g/mol. The van der Waals surface area contributed by atoms with Crippen LogP contribution in [0.2, 0.25) is 10.0 Å². The van der Waals surface area contributed by atoms with Gasteiger partial charge in [0, 0.05) is 15.4 Å². The van der Waals surface area contributed by atoms with Gasteiger partial charge in [-0.2, -0.15) is 0 Å². The SMILES string of the molecule is O=C(COc1cccc(Cl)c1)N=Nc1c(O)n(Cc2ccccc2Cl)c2ccccc12. The number of carbonyl (C=O) groups is 1. The minimum atomic E-state index is -0.595. The topological polar surface area (TPSA) is 76.2 Å². The molecule has 4 rings (SSSR count). The highest BCUT2D eigenvalue weighted by molar-refractivity contribution is 6.31. The van der Waals surface area contributed by atoms with E-state index >= 15 is 0 Å². The lowest BCUT2D eigenvalue weighted by atomic mass is 10.2. The van der Waals surface area contributed by atoms with Crippen LogP contribution in [-0.4, -0.2) is 22.2 Å². The molecule has 0 aliphatic heterocycles. The van der Waals surface area contributed by atoms with E-state index < -0.39 is 5.91 Å². The summed E-state index contributed by atoms with van der Waals surface area (Å²) in [6.45, 7) is 0.0379. The molecule has 0 saturated carbocycles. The maximum Gasteiger partial charge on any atom is 0.302 e. The van der Waals surface area contributed by atoms with Gasteiger partial charge < -0.3 is 14.4 Å². The van der Waals surface area contributed by atoms with Crippen molar-refractivity contribution in [3.05, 3.63) is 88.4 Å². The smallest absolute Gasteiger partial charge is 0.302 e. The Hall–Kier alpha value is -3.35.